The molecule has 0 aliphatic carbocycles. The van der Waals surface area contributed by atoms with Gasteiger partial charge in [0, 0.05) is 56.9 Å². The van der Waals surface area contributed by atoms with Gasteiger partial charge in [-0.05, 0) is 112 Å². The molecule has 3 saturated heterocycles. The zero-order valence-corrected chi connectivity index (χ0v) is 43.3. The van der Waals surface area contributed by atoms with E-state index in [-0.39, 0.29) is 37.3 Å². The number of cyclic esters (lactones) is 1. The van der Waals surface area contributed by atoms with Crippen LogP contribution < -0.4 is 0 Å². The van der Waals surface area contributed by atoms with Crippen LogP contribution in [0.15, 0.2) is 24.4 Å². The van der Waals surface area contributed by atoms with Crippen molar-refractivity contribution in [3.8, 4) is 0 Å². The summed E-state index contributed by atoms with van der Waals surface area (Å²) in [6.07, 6.45) is -7.11. The number of hydrogen-bond acceptors (Lipinski definition) is 18. The third kappa shape index (κ3) is 13.4. The number of halogens is 1. The van der Waals surface area contributed by atoms with Gasteiger partial charge in [0.25, 0.3) is 5.69 Å². The number of carbonyl (C=O) groups is 1. The summed E-state index contributed by atoms with van der Waals surface area (Å²) in [7, 11) is 5.17. The second kappa shape index (κ2) is 23.7. The van der Waals surface area contributed by atoms with Crippen LogP contribution >= 0.6 is 0 Å². The fourth-order valence-electron chi connectivity index (χ4n) is 10.8. The van der Waals surface area contributed by atoms with Crippen molar-refractivity contribution in [3.63, 3.8) is 0 Å². The van der Waals surface area contributed by atoms with E-state index in [0.29, 0.717) is 43.7 Å². The van der Waals surface area contributed by atoms with Gasteiger partial charge in [-0.1, -0.05) is 26.0 Å². The first kappa shape index (κ1) is 57.6. The molecule has 3 aliphatic heterocycles. The summed E-state index contributed by atoms with van der Waals surface area (Å²) in [4.78, 5) is 28.7. The van der Waals surface area contributed by atoms with Gasteiger partial charge in [0.15, 0.2) is 12.6 Å². The highest BCUT2D eigenvalue weighted by atomic mass is 19.1. The Balaban J connectivity index is 1.42. The molecule has 2 aromatic rings. The maximum Gasteiger partial charge on any atom is 0.311 e. The summed E-state index contributed by atoms with van der Waals surface area (Å²) in [6, 6.07) is 2.49. The second-order valence-electron chi connectivity index (χ2n) is 21.2. The highest BCUT2D eigenvalue weighted by molar-refractivity contribution is 5.73. The molecule has 0 bridgehead atoms. The number of rotatable bonds is 14. The third-order valence-corrected chi connectivity index (χ3v) is 15.3. The van der Waals surface area contributed by atoms with Crippen molar-refractivity contribution in [2.24, 2.45) is 17.8 Å². The molecule has 1 aromatic heterocycles. The Morgan fingerprint density at radius 2 is 1.70 bits per heavy atom. The minimum Gasteiger partial charge on any atom is -0.459 e. The van der Waals surface area contributed by atoms with E-state index in [2.05, 4.69) is 10.3 Å². The van der Waals surface area contributed by atoms with Crippen molar-refractivity contribution in [1.29, 1.82) is 0 Å². The van der Waals surface area contributed by atoms with E-state index in [0.717, 1.165) is 6.07 Å². The van der Waals surface area contributed by atoms with Gasteiger partial charge < -0.3 is 58.9 Å². The predicted octanol–water partition coefficient (Wildman–Crippen LogP) is 3.40. The molecule has 3 aliphatic rings. The van der Waals surface area contributed by atoms with Crippen molar-refractivity contribution < 1.29 is 68.1 Å². The van der Waals surface area contributed by atoms with E-state index in [1.54, 1.807) is 59.3 Å². The summed E-state index contributed by atoms with van der Waals surface area (Å²) >= 11 is 0. The predicted molar refractivity (Wildman–Crippen MR) is 254 cm³/mol. The Bertz CT molecular complexity index is 2030. The van der Waals surface area contributed by atoms with E-state index >= 15 is 0 Å². The molecule has 0 spiro atoms. The van der Waals surface area contributed by atoms with Gasteiger partial charge in [-0.25, -0.2) is 4.39 Å². The lowest BCUT2D eigenvalue weighted by molar-refractivity contribution is -0.385. The third-order valence-electron chi connectivity index (χ3n) is 15.3. The van der Waals surface area contributed by atoms with Crippen LogP contribution in [0, 0.1) is 33.7 Å². The van der Waals surface area contributed by atoms with Gasteiger partial charge in [-0.3, -0.25) is 24.5 Å². The number of esters is 1. The molecule has 0 amide bonds. The lowest BCUT2D eigenvalue weighted by atomic mass is 9.77. The van der Waals surface area contributed by atoms with Gasteiger partial charge in [-0.2, -0.15) is 0 Å². The normalized spacial score (nSPS) is 39.8. The minimum absolute atomic E-state index is 0.0791. The molecular weight excluding hydrogens is 916 g/mol. The van der Waals surface area contributed by atoms with Gasteiger partial charge >= 0.3 is 5.97 Å². The molecule has 18 atom stereocenters. The molecule has 3 fully saturated rings. The molecule has 398 valence electrons. The highest BCUT2D eigenvalue weighted by Crippen LogP contribution is 2.40. The number of aromatic nitrogens is 3. The van der Waals surface area contributed by atoms with Crippen LogP contribution in [0.3, 0.4) is 0 Å². The minimum atomic E-state index is -1.85. The average Bonchev–Trinajstić information content (AvgIpc) is 3.76. The van der Waals surface area contributed by atoms with E-state index in [1.807, 2.05) is 37.7 Å². The molecule has 4 heterocycles. The number of aliphatic hydroxyl groups excluding tert-OH is 3. The average molecular weight is 997 g/mol. The summed E-state index contributed by atoms with van der Waals surface area (Å²) in [5.41, 5.74) is -3.98. The standard InChI is InChI=1S/C49H81FN6O14/c1-14-38-49(10,62)42(58)31(6)54(12)25-27(2)23-47(8,61)44(29(4)41(30(5)45(60)68-38)69-39-24-48(9,65-13)43(59)32(7)67-39)70-46-40(57)37(21-28(3)66-46)53(11)19-20-55-26-34(51-52-55)17-15-33-16-18-35(56(63)64)22-36(33)50/h16,18,22,26-32,37-44,46,57-59,61-62H,14-15,17,19-21,23-25H2,1-13H3/t27-,28-,29+,30-,31-,32+,37+,38-,39+,40-,41+,42-,43+,44-,46+,47-,48-,49-/m1/s1. The molecule has 20 nitrogen and oxygen atoms in total. The smallest absolute Gasteiger partial charge is 0.311 e. The van der Waals surface area contributed by atoms with Crippen molar-refractivity contribution in [3.05, 3.63) is 51.6 Å². The summed E-state index contributed by atoms with van der Waals surface area (Å²) in [5.74, 6) is -3.55. The number of non-ortho nitro benzene ring substituents is 1. The number of benzene rings is 1. The van der Waals surface area contributed by atoms with Gasteiger partial charge in [0.05, 0.1) is 64.8 Å². The summed E-state index contributed by atoms with van der Waals surface area (Å²) in [5, 5.41) is 79.0. The van der Waals surface area contributed by atoms with Crippen molar-refractivity contribution >= 4 is 11.7 Å². The monoisotopic (exact) mass is 997 g/mol. The van der Waals surface area contributed by atoms with Crippen LogP contribution in [0.5, 0.6) is 0 Å². The Kier molecular flexibility index (Phi) is 19.5. The number of likely N-dealkylation sites (N-methyl/N-ethyl adjacent to an activating group) is 2. The van der Waals surface area contributed by atoms with E-state index in [4.69, 9.17) is 28.4 Å². The van der Waals surface area contributed by atoms with Crippen LogP contribution in [0.1, 0.15) is 106 Å². The number of carbonyl (C=O) groups excluding carboxylic acids is 1. The lowest BCUT2D eigenvalue weighted by Crippen LogP contribution is -2.61. The number of nitrogens with zero attached hydrogens (tertiary/aromatic N) is 6. The van der Waals surface area contributed by atoms with Crippen LogP contribution in [0.2, 0.25) is 0 Å². The fraction of sp³-hybridized carbons (Fsp3) is 0.816. The fourth-order valence-corrected chi connectivity index (χ4v) is 10.8. The zero-order chi connectivity index (χ0) is 52.2. The highest BCUT2D eigenvalue weighted by Gasteiger charge is 2.53. The number of methoxy groups -OCH3 is 1. The zero-order valence-electron chi connectivity index (χ0n) is 43.3. The molecule has 21 heteroatoms. The first-order valence-electron chi connectivity index (χ1n) is 24.7. The van der Waals surface area contributed by atoms with Gasteiger partial charge in [-0.15, -0.1) is 5.10 Å². The Morgan fingerprint density at radius 1 is 1.01 bits per heavy atom. The maximum atomic E-state index is 14.5. The molecular formula is C49H81FN6O14. The van der Waals surface area contributed by atoms with E-state index in [1.165, 1.54) is 26.2 Å². The first-order chi connectivity index (χ1) is 32.6. The second-order valence-corrected chi connectivity index (χ2v) is 21.2. The van der Waals surface area contributed by atoms with E-state index < -0.39 is 119 Å². The molecule has 5 N–H and O–H groups in total. The summed E-state index contributed by atoms with van der Waals surface area (Å²) < 4.78 is 54.3. The Morgan fingerprint density at radius 3 is 2.33 bits per heavy atom. The number of ether oxygens (including phenoxy) is 6. The number of nitro benzene ring substituents is 1. The molecule has 0 unspecified atom stereocenters. The van der Waals surface area contributed by atoms with Crippen molar-refractivity contribution in [2.75, 3.05) is 34.3 Å². The number of nitro groups is 1. The first-order valence-corrected chi connectivity index (χ1v) is 24.7. The largest absolute Gasteiger partial charge is 0.459 e. The lowest BCUT2D eigenvalue weighted by Gasteiger charge is -2.49. The number of hydrogen-bond donors (Lipinski definition) is 5. The molecule has 0 saturated carbocycles. The van der Waals surface area contributed by atoms with Crippen LogP contribution in [0.4, 0.5) is 10.1 Å². The van der Waals surface area contributed by atoms with Gasteiger partial charge in [0.2, 0.25) is 0 Å². The molecule has 0 radical (unpaired) electrons. The van der Waals surface area contributed by atoms with Gasteiger partial charge in [0.1, 0.15) is 35.8 Å². The molecule has 5 rings (SSSR count). The SMILES string of the molecule is CC[C@H]1OC(=O)[C@H](C)[C@@H](O[C@H]2C[C@@](C)(OC)[C@@H](O)[C@H](C)O2)[C@H](C)[C@@H](O[C@@H]2O[C@H](C)C[C@H](N(C)CCn3cc(CCc4ccc([N+](=O)[O-])cc4F)nn3)[C@H]2O)[C@](C)(O)C[C@@H](C)CN(C)[C@H](C)[C@@H](O)[C@]1(C)O. The van der Waals surface area contributed by atoms with E-state index in [9.17, 15) is 44.8 Å². The topological polar surface area (TPSA) is 254 Å². The quantitative estimate of drug-likeness (QED) is 0.103. The Hall–Kier alpha value is -3.32. The van der Waals surface area contributed by atoms with Crippen LogP contribution in [-0.4, -0.2) is 186 Å². The molecule has 1 aromatic carbocycles. The molecule has 70 heavy (non-hydrogen) atoms. The van der Waals surface area contributed by atoms with Crippen molar-refractivity contribution in [1.82, 2.24) is 24.8 Å². The Labute approximate surface area is 411 Å². The number of aryl methyl sites for hydroxylation is 2. The summed E-state index contributed by atoms with van der Waals surface area (Å²) in [6.45, 7) is 18.5. The number of aliphatic hydroxyl groups is 5. The maximum absolute atomic E-state index is 14.5. The van der Waals surface area contributed by atoms with Crippen molar-refractivity contribution in [2.45, 2.75) is 205 Å². The van der Waals surface area contributed by atoms with Crippen LogP contribution in [-0.2, 0) is 52.6 Å². The van der Waals surface area contributed by atoms with Crippen LogP contribution in [0.25, 0.3) is 0 Å².